The molecule has 17 heavy (non-hydrogen) atoms. The minimum atomic E-state index is -4.48. The van der Waals surface area contributed by atoms with E-state index in [-0.39, 0.29) is 5.92 Å². The van der Waals surface area contributed by atoms with E-state index in [0.717, 1.165) is 5.56 Å². The van der Waals surface area contributed by atoms with Crippen LogP contribution in [0.5, 0.6) is 0 Å². The molecule has 0 aliphatic carbocycles. The molecule has 0 bridgehead atoms. The number of amides is 1. The average molecular weight is 245 g/mol. The summed E-state index contributed by atoms with van der Waals surface area (Å²) in [6.45, 7) is 3.82. The van der Waals surface area contributed by atoms with Crippen LogP contribution in [-0.2, 0) is 4.79 Å². The number of nitrogens with one attached hydrogen (secondary N) is 1. The van der Waals surface area contributed by atoms with Crippen molar-refractivity contribution in [3.8, 4) is 0 Å². The summed E-state index contributed by atoms with van der Waals surface area (Å²) in [7, 11) is 0. The molecular weight excluding hydrogens is 231 g/mol. The van der Waals surface area contributed by atoms with Gasteiger partial charge in [-0.05, 0) is 17.5 Å². The third kappa shape index (κ3) is 4.46. The Morgan fingerprint density at radius 1 is 1.29 bits per heavy atom. The summed E-state index contributed by atoms with van der Waals surface area (Å²) in [6.07, 6.45) is -5.93. The summed E-state index contributed by atoms with van der Waals surface area (Å²) in [6, 6.07) is 6.85. The van der Waals surface area contributed by atoms with E-state index in [1.165, 1.54) is 0 Å². The van der Waals surface area contributed by atoms with Crippen LogP contribution in [0.1, 0.15) is 31.7 Å². The Kier molecular flexibility index (Phi) is 4.15. The Labute approximate surface area is 97.8 Å². The van der Waals surface area contributed by atoms with Crippen LogP contribution in [-0.4, -0.2) is 12.1 Å². The zero-order valence-corrected chi connectivity index (χ0v) is 9.64. The molecule has 0 saturated carbocycles. The van der Waals surface area contributed by atoms with Gasteiger partial charge in [0.05, 0.1) is 0 Å². The number of hydrogen-bond acceptors (Lipinski definition) is 1. The van der Waals surface area contributed by atoms with Gasteiger partial charge in [-0.25, -0.2) is 0 Å². The highest BCUT2D eigenvalue weighted by Gasteiger charge is 2.31. The van der Waals surface area contributed by atoms with E-state index < -0.39 is 18.5 Å². The van der Waals surface area contributed by atoms with Gasteiger partial charge >= 0.3 is 6.18 Å². The van der Waals surface area contributed by atoms with Crippen LogP contribution in [0.3, 0.4) is 0 Å². The standard InChI is InChI=1S/C12H14F3NO/c1-8(2)9-5-3-4-6-10(9)16-11(17)7-12(13,14)15/h3-6,8H,7H2,1-2H3,(H,16,17). The van der Waals surface area contributed by atoms with Crippen molar-refractivity contribution in [2.24, 2.45) is 0 Å². The lowest BCUT2D eigenvalue weighted by atomic mass is 10.0. The highest BCUT2D eigenvalue weighted by molar-refractivity contribution is 5.92. The molecule has 0 aliphatic heterocycles. The van der Waals surface area contributed by atoms with Crippen LogP contribution in [0.4, 0.5) is 18.9 Å². The first-order valence-corrected chi connectivity index (χ1v) is 5.25. The van der Waals surface area contributed by atoms with E-state index in [1.54, 1.807) is 24.3 Å². The Morgan fingerprint density at radius 3 is 2.41 bits per heavy atom. The molecule has 0 heterocycles. The molecule has 0 radical (unpaired) electrons. The Hall–Kier alpha value is -1.52. The van der Waals surface area contributed by atoms with Gasteiger partial charge in [0, 0.05) is 5.69 Å². The maximum Gasteiger partial charge on any atom is 0.397 e. The number of alkyl halides is 3. The lowest BCUT2D eigenvalue weighted by Gasteiger charge is -2.14. The summed E-state index contributed by atoms with van der Waals surface area (Å²) >= 11 is 0. The molecule has 0 spiro atoms. The Bertz CT molecular complexity index is 399. The molecule has 5 heteroatoms. The number of anilines is 1. The Morgan fingerprint density at radius 2 is 1.88 bits per heavy atom. The molecule has 1 N–H and O–H groups in total. The third-order valence-corrected chi connectivity index (χ3v) is 2.22. The molecule has 2 nitrogen and oxygen atoms in total. The van der Waals surface area contributed by atoms with Crippen molar-refractivity contribution in [1.82, 2.24) is 0 Å². The van der Waals surface area contributed by atoms with Crippen molar-refractivity contribution in [3.05, 3.63) is 29.8 Å². The fourth-order valence-corrected chi connectivity index (χ4v) is 1.49. The van der Waals surface area contributed by atoms with Gasteiger partial charge in [0.1, 0.15) is 6.42 Å². The molecule has 94 valence electrons. The minimum Gasteiger partial charge on any atom is -0.326 e. The van der Waals surface area contributed by atoms with Crippen molar-refractivity contribution >= 4 is 11.6 Å². The van der Waals surface area contributed by atoms with Gasteiger partial charge in [0.25, 0.3) is 0 Å². The van der Waals surface area contributed by atoms with Crippen LogP contribution in [0.15, 0.2) is 24.3 Å². The number of para-hydroxylation sites is 1. The maximum atomic E-state index is 12.0. The van der Waals surface area contributed by atoms with Gasteiger partial charge in [-0.3, -0.25) is 4.79 Å². The van der Waals surface area contributed by atoms with E-state index in [0.29, 0.717) is 5.69 Å². The van der Waals surface area contributed by atoms with Crippen molar-refractivity contribution in [1.29, 1.82) is 0 Å². The number of carbonyl (C=O) groups is 1. The molecule has 0 aromatic heterocycles. The summed E-state index contributed by atoms with van der Waals surface area (Å²) < 4.78 is 36.0. The van der Waals surface area contributed by atoms with Crippen molar-refractivity contribution in [2.45, 2.75) is 32.4 Å². The van der Waals surface area contributed by atoms with Crippen LogP contribution in [0.2, 0.25) is 0 Å². The monoisotopic (exact) mass is 245 g/mol. The molecule has 0 aliphatic rings. The molecule has 1 rings (SSSR count). The molecule has 0 unspecified atom stereocenters. The van der Waals surface area contributed by atoms with Gasteiger partial charge in [-0.15, -0.1) is 0 Å². The number of rotatable bonds is 3. The minimum absolute atomic E-state index is 0.136. The Balaban J connectivity index is 2.78. The second-order valence-electron chi connectivity index (χ2n) is 4.08. The molecule has 1 amide bonds. The first-order chi connectivity index (χ1) is 7.79. The zero-order chi connectivity index (χ0) is 13.1. The maximum absolute atomic E-state index is 12.0. The smallest absolute Gasteiger partial charge is 0.326 e. The summed E-state index contributed by atoms with van der Waals surface area (Å²) in [4.78, 5) is 11.2. The first kappa shape index (κ1) is 13.5. The summed E-state index contributed by atoms with van der Waals surface area (Å²) in [5.41, 5.74) is 1.26. The lowest BCUT2D eigenvalue weighted by Crippen LogP contribution is -2.21. The van der Waals surface area contributed by atoms with Crippen LogP contribution >= 0.6 is 0 Å². The van der Waals surface area contributed by atoms with E-state index in [2.05, 4.69) is 5.32 Å². The predicted molar refractivity (Wildman–Crippen MR) is 59.8 cm³/mol. The molecule has 1 aromatic carbocycles. The molecule has 1 aromatic rings. The zero-order valence-electron chi connectivity index (χ0n) is 9.64. The van der Waals surface area contributed by atoms with E-state index >= 15 is 0 Å². The van der Waals surface area contributed by atoms with E-state index in [9.17, 15) is 18.0 Å². The molecule has 0 fully saturated rings. The normalized spacial score (nSPS) is 11.6. The van der Waals surface area contributed by atoms with Gasteiger partial charge in [-0.2, -0.15) is 13.2 Å². The van der Waals surface area contributed by atoms with E-state index in [4.69, 9.17) is 0 Å². The first-order valence-electron chi connectivity index (χ1n) is 5.25. The van der Waals surface area contributed by atoms with Gasteiger partial charge in [0.2, 0.25) is 5.91 Å². The van der Waals surface area contributed by atoms with Crippen LogP contribution < -0.4 is 5.32 Å². The number of hydrogen-bond donors (Lipinski definition) is 1. The molecule has 0 atom stereocenters. The molecular formula is C12H14F3NO. The fourth-order valence-electron chi connectivity index (χ4n) is 1.49. The number of benzene rings is 1. The SMILES string of the molecule is CC(C)c1ccccc1NC(=O)CC(F)(F)F. The largest absolute Gasteiger partial charge is 0.397 e. The molecule has 0 saturated heterocycles. The van der Waals surface area contributed by atoms with Gasteiger partial charge in [0.15, 0.2) is 0 Å². The van der Waals surface area contributed by atoms with Gasteiger partial charge in [-0.1, -0.05) is 32.0 Å². The van der Waals surface area contributed by atoms with Crippen molar-refractivity contribution in [3.63, 3.8) is 0 Å². The van der Waals surface area contributed by atoms with Crippen molar-refractivity contribution < 1.29 is 18.0 Å². The van der Waals surface area contributed by atoms with Gasteiger partial charge < -0.3 is 5.32 Å². The summed E-state index contributed by atoms with van der Waals surface area (Å²) in [5, 5.41) is 2.29. The quantitative estimate of drug-likeness (QED) is 0.864. The second-order valence-corrected chi connectivity index (χ2v) is 4.08. The highest BCUT2D eigenvalue weighted by Crippen LogP contribution is 2.25. The van der Waals surface area contributed by atoms with Crippen LogP contribution in [0.25, 0.3) is 0 Å². The third-order valence-electron chi connectivity index (χ3n) is 2.22. The lowest BCUT2D eigenvalue weighted by molar-refractivity contribution is -0.150. The number of carbonyl (C=O) groups excluding carboxylic acids is 1. The van der Waals surface area contributed by atoms with E-state index in [1.807, 2.05) is 13.8 Å². The van der Waals surface area contributed by atoms with Crippen molar-refractivity contribution in [2.75, 3.05) is 5.32 Å². The predicted octanol–water partition coefficient (Wildman–Crippen LogP) is 3.70. The topological polar surface area (TPSA) is 29.1 Å². The fraction of sp³-hybridized carbons (Fsp3) is 0.417. The average Bonchev–Trinajstić information content (AvgIpc) is 2.14. The summed E-state index contributed by atoms with van der Waals surface area (Å²) in [5.74, 6) is -0.900. The second kappa shape index (κ2) is 5.21. The van der Waals surface area contributed by atoms with Crippen LogP contribution in [0, 0.1) is 0 Å². The number of halogens is 3. The highest BCUT2D eigenvalue weighted by atomic mass is 19.4.